The molecule has 43 heavy (non-hydrogen) atoms. The van der Waals surface area contributed by atoms with E-state index in [1.54, 1.807) is 31.6 Å². The monoisotopic (exact) mass is 621 g/mol. The highest BCUT2D eigenvalue weighted by atomic mass is 32.2. The highest BCUT2D eigenvalue weighted by Crippen LogP contribution is 2.40. The van der Waals surface area contributed by atoms with E-state index < -0.39 is 11.7 Å². The molecule has 9 nitrogen and oxygen atoms in total. The van der Waals surface area contributed by atoms with Crippen molar-refractivity contribution in [1.82, 2.24) is 4.98 Å². The van der Waals surface area contributed by atoms with Crippen LogP contribution in [-0.4, -0.2) is 50.0 Å². The summed E-state index contributed by atoms with van der Waals surface area (Å²) in [6.07, 6.45) is 1.09. The van der Waals surface area contributed by atoms with Crippen molar-refractivity contribution >= 4 is 58.2 Å². The lowest BCUT2D eigenvalue weighted by atomic mass is 10.1. The Morgan fingerprint density at radius 2 is 1.37 bits per heavy atom. The molecule has 0 aliphatic carbocycles. The topological polar surface area (TPSA) is 90.4 Å². The Kier molecular flexibility index (Phi) is 10.7. The number of carbonyl (C=O) groups excluding carboxylic acids is 2. The van der Waals surface area contributed by atoms with Crippen molar-refractivity contribution in [2.75, 3.05) is 36.0 Å². The molecule has 0 spiro atoms. The molecule has 0 atom stereocenters. The number of amides is 1. The average molecular weight is 622 g/mol. The summed E-state index contributed by atoms with van der Waals surface area (Å²) in [5.41, 5.74) is -0.176. The van der Waals surface area contributed by atoms with Crippen LogP contribution in [0.15, 0.2) is 88.8 Å². The summed E-state index contributed by atoms with van der Waals surface area (Å²) in [6, 6.07) is 22.6. The molecule has 3 aromatic carbocycles. The van der Waals surface area contributed by atoms with Crippen LogP contribution >= 0.6 is 23.9 Å². The van der Waals surface area contributed by atoms with Gasteiger partial charge in [-0.15, -0.1) is 0 Å². The lowest BCUT2D eigenvalue weighted by Gasteiger charge is -2.28. The number of methoxy groups -OCH3 is 2. The molecule has 1 heterocycles. The Morgan fingerprint density at radius 3 is 1.91 bits per heavy atom. The number of anilines is 2. The normalized spacial score (nSPS) is 11.1. The lowest BCUT2D eigenvalue weighted by Crippen LogP contribution is -2.33. The van der Waals surface area contributed by atoms with Crippen molar-refractivity contribution in [2.45, 2.75) is 43.1 Å². The predicted octanol–water partition coefficient (Wildman–Crippen LogP) is 7.78. The minimum absolute atomic E-state index is 0.0444. The second-order valence-corrected chi connectivity index (χ2v) is 12.3. The van der Waals surface area contributed by atoms with Crippen molar-refractivity contribution < 1.29 is 28.5 Å². The van der Waals surface area contributed by atoms with Gasteiger partial charge in [-0.25, -0.2) is 14.1 Å². The molecule has 1 amide bonds. The number of hydrogen-bond acceptors (Lipinski definition) is 10. The number of carbonyl (C=O) groups is 2. The summed E-state index contributed by atoms with van der Waals surface area (Å²) < 4.78 is 25.0. The zero-order valence-corrected chi connectivity index (χ0v) is 26.7. The third-order valence-electron chi connectivity index (χ3n) is 5.88. The van der Waals surface area contributed by atoms with Crippen LogP contribution in [0.5, 0.6) is 11.5 Å². The van der Waals surface area contributed by atoms with Gasteiger partial charge in [-0.1, -0.05) is 24.3 Å². The van der Waals surface area contributed by atoms with Crippen LogP contribution in [0, 0.1) is 0 Å². The first-order valence-corrected chi connectivity index (χ1v) is 15.1. The Balaban J connectivity index is 1.79. The van der Waals surface area contributed by atoms with Crippen molar-refractivity contribution in [3.05, 3.63) is 79.0 Å². The molecule has 0 aliphatic rings. The van der Waals surface area contributed by atoms with Crippen LogP contribution in [-0.2, 0) is 14.3 Å². The summed E-state index contributed by atoms with van der Waals surface area (Å²) in [4.78, 5) is 32.8. The number of hydrogen-bond donors (Lipinski definition) is 0. The van der Waals surface area contributed by atoms with Gasteiger partial charge in [-0.05, 0) is 100 Å². The summed E-state index contributed by atoms with van der Waals surface area (Å²) >= 11 is 2.58. The molecule has 4 aromatic rings. The Morgan fingerprint density at radius 1 is 0.814 bits per heavy atom. The minimum Gasteiger partial charge on any atom is -0.497 e. The molecular weight excluding hydrogens is 587 g/mol. The molecule has 1 aromatic heterocycles. The molecule has 0 radical (unpaired) electrons. The highest BCUT2D eigenvalue weighted by Gasteiger charge is 2.28. The maximum absolute atomic E-state index is 13.6. The number of aromatic nitrogens is 1. The Labute approximate surface area is 260 Å². The molecule has 0 unspecified atom stereocenters. The first-order valence-electron chi connectivity index (χ1n) is 13.6. The molecule has 4 rings (SSSR count). The van der Waals surface area contributed by atoms with Crippen LogP contribution < -0.4 is 18.1 Å². The smallest absolute Gasteiger partial charge is 0.425 e. The van der Waals surface area contributed by atoms with E-state index in [0.29, 0.717) is 17.3 Å². The summed E-state index contributed by atoms with van der Waals surface area (Å²) in [5.74, 6) is 1.60. The third-order valence-corrected chi connectivity index (χ3v) is 7.89. The van der Waals surface area contributed by atoms with E-state index in [1.807, 2.05) is 93.6 Å². The van der Waals surface area contributed by atoms with Gasteiger partial charge in [0.1, 0.15) is 29.5 Å². The SMILES string of the molecule is CCOC(=O)CN(Sc1ccc(OC)cc1)c1ncc(N(Sc2ccc(OC)cc2)C(=O)OC(C)(C)C)c2ccccc12. The number of fused-ring (bicyclic) bond motifs is 1. The standard InChI is InChI=1S/C32H35N3O6S2/c1-7-40-29(36)21-34(42-24-16-12-22(38-5)13-17-24)30-27-11-9-8-10-26(27)28(20-33-30)35(31(37)41-32(2,3)4)43-25-18-14-23(39-6)15-19-25/h8-20H,7,21H2,1-6H3. The van der Waals surface area contributed by atoms with Crippen molar-refractivity contribution in [1.29, 1.82) is 0 Å². The maximum atomic E-state index is 13.6. The van der Waals surface area contributed by atoms with Crippen LogP contribution in [0.1, 0.15) is 27.7 Å². The molecule has 0 saturated heterocycles. The van der Waals surface area contributed by atoms with Gasteiger partial charge < -0.3 is 18.9 Å². The van der Waals surface area contributed by atoms with E-state index in [-0.39, 0.29) is 19.1 Å². The van der Waals surface area contributed by atoms with Crippen molar-refractivity contribution in [2.24, 2.45) is 0 Å². The van der Waals surface area contributed by atoms with E-state index in [2.05, 4.69) is 0 Å². The van der Waals surface area contributed by atoms with E-state index in [1.165, 1.54) is 28.2 Å². The van der Waals surface area contributed by atoms with E-state index in [4.69, 9.17) is 23.9 Å². The fraction of sp³-hybridized carbons (Fsp3) is 0.281. The molecular formula is C32H35N3O6S2. The quantitative estimate of drug-likeness (QED) is 0.122. The second-order valence-electron chi connectivity index (χ2n) is 10.2. The fourth-order valence-electron chi connectivity index (χ4n) is 3.99. The van der Waals surface area contributed by atoms with Crippen molar-refractivity contribution in [3.63, 3.8) is 0 Å². The lowest BCUT2D eigenvalue weighted by molar-refractivity contribution is -0.141. The Bertz CT molecular complexity index is 1540. The first-order chi connectivity index (χ1) is 20.6. The van der Waals surface area contributed by atoms with Crippen LogP contribution in [0.4, 0.5) is 16.3 Å². The molecule has 0 bridgehead atoms. The first kappa shape index (κ1) is 31.8. The molecule has 0 N–H and O–H groups in total. The Hall–Kier alpha value is -4.09. The van der Waals surface area contributed by atoms with Crippen LogP contribution in [0.3, 0.4) is 0 Å². The summed E-state index contributed by atoms with van der Waals surface area (Å²) in [5, 5.41) is 1.50. The van der Waals surface area contributed by atoms with Gasteiger partial charge in [0.2, 0.25) is 0 Å². The number of pyridine rings is 1. The third kappa shape index (κ3) is 8.48. The zero-order chi connectivity index (χ0) is 31.0. The number of benzene rings is 3. The number of rotatable bonds is 11. The number of esters is 1. The predicted molar refractivity (Wildman–Crippen MR) is 172 cm³/mol. The van der Waals surface area contributed by atoms with Crippen LogP contribution in [0.2, 0.25) is 0 Å². The van der Waals surface area contributed by atoms with Gasteiger partial charge in [-0.3, -0.25) is 9.10 Å². The molecule has 0 aliphatic heterocycles. The molecule has 226 valence electrons. The van der Waals surface area contributed by atoms with Crippen LogP contribution in [0.25, 0.3) is 10.8 Å². The molecule has 0 fully saturated rings. The largest absolute Gasteiger partial charge is 0.497 e. The van der Waals surface area contributed by atoms with Crippen molar-refractivity contribution in [3.8, 4) is 11.5 Å². The van der Waals surface area contributed by atoms with Gasteiger partial charge in [0.15, 0.2) is 0 Å². The number of nitrogens with zero attached hydrogens (tertiary/aromatic N) is 3. The van der Waals surface area contributed by atoms with Gasteiger partial charge in [0.25, 0.3) is 0 Å². The molecule has 0 saturated carbocycles. The second kappa shape index (κ2) is 14.4. The van der Waals surface area contributed by atoms with Gasteiger partial charge in [0, 0.05) is 20.6 Å². The van der Waals surface area contributed by atoms with E-state index in [0.717, 1.165) is 26.3 Å². The van der Waals surface area contributed by atoms with Gasteiger partial charge in [0.05, 0.1) is 32.7 Å². The average Bonchev–Trinajstić information content (AvgIpc) is 2.99. The highest BCUT2D eigenvalue weighted by molar-refractivity contribution is 8.01. The van der Waals surface area contributed by atoms with Gasteiger partial charge in [-0.2, -0.15) is 0 Å². The fourth-order valence-corrected chi connectivity index (χ4v) is 5.73. The van der Waals surface area contributed by atoms with Gasteiger partial charge >= 0.3 is 12.1 Å². The molecule has 11 heteroatoms. The number of ether oxygens (including phenoxy) is 4. The van der Waals surface area contributed by atoms with E-state index >= 15 is 0 Å². The summed E-state index contributed by atoms with van der Waals surface area (Å²) in [6.45, 7) is 7.46. The zero-order valence-electron chi connectivity index (χ0n) is 25.0. The minimum atomic E-state index is -0.718. The van der Waals surface area contributed by atoms with E-state index in [9.17, 15) is 9.59 Å². The maximum Gasteiger partial charge on any atom is 0.425 e. The summed E-state index contributed by atoms with van der Waals surface area (Å²) in [7, 11) is 3.22.